The van der Waals surface area contributed by atoms with Gasteiger partial charge in [-0.2, -0.15) is 0 Å². The summed E-state index contributed by atoms with van der Waals surface area (Å²) in [6.07, 6.45) is 10.1. The summed E-state index contributed by atoms with van der Waals surface area (Å²) in [5, 5.41) is 3.83. The molecule has 2 aliphatic carbocycles. The highest BCUT2D eigenvalue weighted by Crippen LogP contribution is 2.40. The highest BCUT2D eigenvalue weighted by atomic mass is 15.3. The number of rotatable bonds is 3. The summed E-state index contributed by atoms with van der Waals surface area (Å²) in [6.45, 7) is 2.41. The van der Waals surface area contributed by atoms with Gasteiger partial charge in [0.2, 0.25) is 0 Å². The molecule has 0 bridgehead atoms. The molecule has 3 fully saturated rings. The number of nitrogens with zero attached hydrogens (tertiary/aromatic N) is 1. The Morgan fingerprint density at radius 2 is 1.67 bits per heavy atom. The molecule has 114 valence electrons. The third-order valence-corrected chi connectivity index (χ3v) is 5.80. The molecule has 0 aromatic heterocycles. The molecule has 1 saturated heterocycles. The van der Waals surface area contributed by atoms with Gasteiger partial charge in [-0.05, 0) is 37.2 Å². The van der Waals surface area contributed by atoms with Crippen molar-refractivity contribution in [2.45, 2.75) is 63.1 Å². The fraction of sp³-hybridized carbons (Fsp3) is 0.684. The SMILES string of the molecule is c1ccc(C2CN(C3CCCCC3)C(C3CC3)CN2)cc1. The number of hydrogen-bond acceptors (Lipinski definition) is 2. The van der Waals surface area contributed by atoms with E-state index in [1.54, 1.807) is 0 Å². The zero-order valence-corrected chi connectivity index (χ0v) is 13.0. The normalized spacial score (nSPS) is 32.2. The zero-order chi connectivity index (χ0) is 14.1. The largest absolute Gasteiger partial charge is 0.307 e. The van der Waals surface area contributed by atoms with Crippen molar-refractivity contribution in [3.63, 3.8) is 0 Å². The van der Waals surface area contributed by atoms with E-state index in [1.165, 1.54) is 63.6 Å². The van der Waals surface area contributed by atoms with Crippen molar-refractivity contribution in [1.82, 2.24) is 10.2 Å². The van der Waals surface area contributed by atoms with Crippen LogP contribution in [0.2, 0.25) is 0 Å². The lowest BCUT2D eigenvalue weighted by Gasteiger charge is -2.46. The van der Waals surface area contributed by atoms with Crippen molar-refractivity contribution in [3.05, 3.63) is 35.9 Å². The summed E-state index contributed by atoms with van der Waals surface area (Å²) in [7, 11) is 0. The van der Waals surface area contributed by atoms with Crippen LogP contribution in [0.15, 0.2) is 30.3 Å². The fourth-order valence-corrected chi connectivity index (χ4v) is 4.45. The van der Waals surface area contributed by atoms with E-state index in [9.17, 15) is 0 Å². The molecular formula is C19H28N2. The van der Waals surface area contributed by atoms with Gasteiger partial charge in [-0.1, -0.05) is 49.6 Å². The summed E-state index contributed by atoms with van der Waals surface area (Å²) in [5.74, 6) is 0.983. The van der Waals surface area contributed by atoms with Crippen LogP contribution >= 0.6 is 0 Å². The van der Waals surface area contributed by atoms with Gasteiger partial charge in [0.15, 0.2) is 0 Å². The van der Waals surface area contributed by atoms with Crippen LogP contribution in [0.25, 0.3) is 0 Å². The standard InChI is InChI=1S/C19H28N2/c1-3-7-15(8-4-1)18-14-21(17-9-5-2-6-10-17)19(13-20-18)16-11-12-16/h1,3-4,7-8,16-20H,2,5-6,9-14H2. The predicted octanol–water partition coefficient (Wildman–Crippen LogP) is 3.74. The minimum Gasteiger partial charge on any atom is -0.307 e. The molecule has 0 spiro atoms. The van der Waals surface area contributed by atoms with E-state index in [0.717, 1.165) is 18.0 Å². The maximum Gasteiger partial charge on any atom is 0.0450 e. The lowest BCUT2D eigenvalue weighted by molar-refractivity contribution is 0.0505. The molecule has 2 unspecified atom stereocenters. The van der Waals surface area contributed by atoms with Crippen molar-refractivity contribution in [2.24, 2.45) is 5.92 Å². The van der Waals surface area contributed by atoms with Gasteiger partial charge in [0, 0.05) is 31.2 Å². The summed E-state index contributed by atoms with van der Waals surface area (Å²) in [5.41, 5.74) is 1.47. The average Bonchev–Trinajstić information content (AvgIpc) is 3.41. The van der Waals surface area contributed by atoms with Gasteiger partial charge in [0.1, 0.15) is 0 Å². The van der Waals surface area contributed by atoms with Gasteiger partial charge in [0.05, 0.1) is 0 Å². The van der Waals surface area contributed by atoms with Gasteiger partial charge in [-0.25, -0.2) is 0 Å². The average molecular weight is 284 g/mol. The van der Waals surface area contributed by atoms with Crippen molar-refractivity contribution < 1.29 is 0 Å². The molecule has 3 aliphatic rings. The van der Waals surface area contributed by atoms with Gasteiger partial charge in [-0.15, -0.1) is 0 Å². The van der Waals surface area contributed by atoms with Gasteiger partial charge in [-0.3, -0.25) is 4.90 Å². The summed E-state index contributed by atoms with van der Waals surface area (Å²) >= 11 is 0. The maximum atomic E-state index is 3.83. The first kappa shape index (κ1) is 13.8. The Morgan fingerprint density at radius 3 is 2.38 bits per heavy atom. The molecule has 4 rings (SSSR count). The Morgan fingerprint density at radius 1 is 0.905 bits per heavy atom. The predicted molar refractivity (Wildman–Crippen MR) is 87.3 cm³/mol. The number of nitrogens with one attached hydrogen (secondary N) is 1. The van der Waals surface area contributed by atoms with Crippen LogP contribution in [0.1, 0.15) is 56.6 Å². The topological polar surface area (TPSA) is 15.3 Å². The Bertz CT molecular complexity index is 448. The summed E-state index contributed by atoms with van der Waals surface area (Å²) in [6, 6.07) is 13.2. The van der Waals surface area contributed by atoms with E-state index >= 15 is 0 Å². The number of hydrogen-bond donors (Lipinski definition) is 1. The second-order valence-electron chi connectivity index (χ2n) is 7.26. The first-order valence-electron chi connectivity index (χ1n) is 8.96. The van der Waals surface area contributed by atoms with Crippen LogP contribution in [0.3, 0.4) is 0 Å². The van der Waals surface area contributed by atoms with Gasteiger partial charge in [0.25, 0.3) is 0 Å². The zero-order valence-electron chi connectivity index (χ0n) is 13.0. The summed E-state index contributed by atoms with van der Waals surface area (Å²) < 4.78 is 0. The quantitative estimate of drug-likeness (QED) is 0.909. The molecule has 1 aromatic rings. The van der Waals surface area contributed by atoms with E-state index in [-0.39, 0.29) is 0 Å². The summed E-state index contributed by atoms with van der Waals surface area (Å²) in [4.78, 5) is 2.91. The van der Waals surface area contributed by atoms with E-state index in [2.05, 4.69) is 40.5 Å². The second-order valence-corrected chi connectivity index (χ2v) is 7.26. The molecule has 0 radical (unpaired) electrons. The van der Waals surface area contributed by atoms with E-state index in [0.29, 0.717) is 6.04 Å². The first-order chi connectivity index (χ1) is 10.4. The van der Waals surface area contributed by atoms with Crippen molar-refractivity contribution >= 4 is 0 Å². The van der Waals surface area contributed by atoms with Crippen LogP contribution < -0.4 is 5.32 Å². The Labute approximate surface area is 128 Å². The molecule has 1 aromatic carbocycles. The van der Waals surface area contributed by atoms with E-state index in [1.807, 2.05) is 0 Å². The molecular weight excluding hydrogens is 256 g/mol. The highest BCUT2D eigenvalue weighted by Gasteiger charge is 2.41. The van der Waals surface area contributed by atoms with Crippen LogP contribution in [0, 0.1) is 5.92 Å². The molecule has 1 heterocycles. The van der Waals surface area contributed by atoms with E-state index < -0.39 is 0 Å². The van der Waals surface area contributed by atoms with Crippen LogP contribution in [0.5, 0.6) is 0 Å². The van der Waals surface area contributed by atoms with Crippen LogP contribution in [-0.4, -0.2) is 30.1 Å². The molecule has 2 atom stereocenters. The molecule has 2 nitrogen and oxygen atoms in total. The highest BCUT2D eigenvalue weighted by molar-refractivity contribution is 5.20. The molecule has 21 heavy (non-hydrogen) atoms. The Kier molecular flexibility index (Phi) is 4.00. The van der Waals surface area contributed by atoms with Gasteiger partial charge < -0.3 is 5.32 Å². The van der Waals surface area contributed by atoms with Crippen molar-refractivity contribution in [2.75, 3.05) is 13.1 Å². The van der Waals surface area contributed by atoms with Crippen LogP contribution in [-0.2, 0) is 0 Å². The third-order valence-electron chi connectivity index (χ3n) is 5.80. The van der Waals surface area contributed by atoms with Gasteiger partial charge >= 0.3 is 0 Å². The number of benzene rings is 1. The third kappa shape index (κ3) is 3.02. The fourth-order valence-electron chi connectivity index (χ4n) is 4.45. The maximum absolute atomic E-state index is 3.83. The smallest absolute Gasteiger partial charge is 0.0450 e. The van der Waals surface area contributed by atoms with Crippen molar-refractivity contribution in [1.29, 1.82) is 0 Å². The Hall–Kier alpha value is -0.860. The van der Waals surface area contributed by atoms with Crippen LogP contribution in [0.4, 0.5) is 0 Å². The second kappa shape index (κ2) is 6.10. The molecule has 2 saturated carbocycles. The molecule has 2 heteroatoms. The van der Waals surface area contributed by atoms with Crippen molar-refractivity contribution in [3.8, 4) is 0 Å². The monoisotopic (exact) mass is 284 g/mol. The molecule has 1 aliphatic heterocycles. The minimum absolute atomic E-state index is 0.531. The van der Waals surface area contributed by atoms with E-state index in [4.69, 9.17) is 0 Å². The lowest BCUT2D eigenvalue weighted by Crippen LogP contribution is -2.57. The first-order valence-corrected chi connectivity index (χ1v) is 8.96. The molecule has 0 amide bonds. The number of piperazine rings is 1. The lowest BCUT2D eigenvalue weighted by atomic mass is 9.90. The minimum atomic E-state index is 0.531. The molecule has 1 N–H and O–H groups in total. The Balaban J connectivity index is 1.51.